The molecule has 0 fully saturated rings. The summed E-state index contributed by atoms with van der Waals surface area (Å²) in [6, 6.07) is 2.13. The molecular formula is C11H16Br2S. The minimum atomic E-state index is 0.355. The number of hydrogen-bond acceptors (Lipinski definition) is 1. The van der Waals surface area contributed by atoms with Crippen LogP contribution in [-0.2, 0) is 6.42 Å². The van der Waals surface area contributed by atoms with E-state index in [9.17, 15) is 0 Å². The normalized spacial score (nSPS) is 15.9. The number of thiophene rings is 1. The van der Waals surface area contributed by atoms with Gasteiger partial charge in [-0.2, -0.15) is 0 Å². The second-order valence-electron chi connectivity index (χ2n) is 4.31. The predicted octanol–water partition coefficient (Wildman–Crippen LogP) is 5.11. The van der Waals surface area contributed by atoms with E-state index in [1.54, 1.807) is 0 Å². The number of hydrogen-bond donors (Lipinski definition) is 0. The Labute approximate surface area is 107 Å². The Kier molecular flexibility index (Phi) is 4.66. The van der Waals surface area contributed by atoms with Crippen LogP contribution in [0.2, 0.25) is 0 Å². The topological polar surface area (TPSA) is 0 Å². The fraction of sp³-hybridized carbons (Fsp3) is 0.636. The van der Waals surface area contributed by atoms with E-state index < -0.39 is 0 Å². The number of alkyl halides is 1. The molecule has 0 amide bonds. The largest absolute Gasteiger partial charge is 0.148 e. The summed E-state index contributed by atoms with van der Waals surface area (Å²) in [6.45, 7) is 6.93. The van der Waals surface area contributed by atoms with Crippen molar-refractivity contribution in [3.63, 3.8) is 0 Å². The Bertz CT molecular complexity index is 293. The molecule has 14 heavy (non-hydrogen) atoms. The summed E-state index contributed by atoms with van der Waals surface area (Å²) in [7, 11) is 0. The summed E-state index contributed by atoms with van der Waals surface area (Å²) >= 11 is 9.07. The Morgan fingerprint density at radius 3 is 2.50 bits per heavy atom. The molecule has 1 atom stereocenters. The molecule has 0 N–H and O–H groups in total. The van der Waals surface area contributed by atoms with E-state index in [-0.39, 0.29) is 0 Å². The zero-order valence-electron chi connectivity index (χ0n) is 8.81. The molecule has 0 radical (unpaired) electrons. The van der Waals surface area contributed by atoms with Gasteiger partial charge in [-0.1, -0.05) is 36.7 Å². The van der Waals surface area contributed by atoms with Gasteiger partial charge in [0.25, 0.3) is 0 Å². The third kappa shape index (κ3) is 2.83. The maximum atomic E-state index is 3.63. The highest BCUT2D eigenvalue weighted by Crippen LogP contribution is 2.37. The molecule has 0 aliphatic carbocycles. The summed E-state index contributed by atoms with van der Waals surface area (Å²) in [6.07, 6.45) is 1.15. The van der Waals surface area contributed by atoms with Crippen LogP contribution >= 0.6 is 43.2 Å². The predicted molar refractivity (Wildman–Crippen MR) is 72.5 cm³/mol. The average molecular weight is 340 g/mol. The van der Waals surface area contributed by atoms with Crippen LogP contribution in [0, 0.1) is 11.3 Å². The van der Waals surface area contributed by atoms with Crippen LogP contribution in [0.5, 0.6) is 0 Å². The first-order chi connectivity index (χ1) is 6.49. The molecule has 0 saturated carbocycles. The van der Waals surface area contributed by atoms with Gasteiger partial charge in [-0.25, -0.2) is 0 Å². The lowest BCUT2D eigenvalue weighted by Crippen LogP contribution is -2.27. The Balaban J connectivity index is 2.80. The molecule has 0 bridgehead atoms. The fourth-order valence-electron chi connectivity index (χ4n) is 1.22. The first kappa shape index (κ1) is 12.7. The van der Waals surface area contributed by atoms with Gasteiger partial charge < -0.3 is 0 Å². The number of halogens is 2. The molecule has 1 rings (SSSR count). The van der Waals surface area contributed by atoms with Crippen LogP contribution in [0.15, 0.2) is 15.9 Å². The molecule has 0 aromatic carbocycles. The van der Waals surface area contributed by atoms with Crippen LogP contribution in [-0.4, -0.2) is 5.33 Å². The van der Waals surface area contributed by atoms with Crippen LogP contribution in [0.4, 0.5) is 0 Å². The van der Waals surface area contributed by atoms with Crippen LogP contribution < -0.4 is 0 Å². The highest BCUT2D eigenvalue weighted by molar-refractivity contribution is 9.10. The Morgan fingerprint density at radius 2 is 2.14 bits per heavy atom. The van der Waals surface area contributed by atoms with E-state index in [4.69, 9.17) is 0 Å². The lowest BCUT2D eigenvalue weighted by molar-refractivity contribution is 0.259. The highest BCUT2D eigenvalue weighted by atomic mass is 79.9. The maximum absolute atomic E-state index is 3.63. The van der Waals surface area contributed by atoms with Crippen molar-refractivity contribution in [3.05, 3.63) is 20.8 Å². The van der Waals surface area contributed by atoms with Crippen molar-refractivity contribution in [1.29, 1.82) is 0 Å². The minimum Gasteiger partial charge on any atom is -0.148 e. The second-order valence-corrected chi connectivity index (χ2v) is 6.73. The summed E-state index contributed by atoms with van der Waals surface area (Å²) in [4.78, 5) is 1.46. The molecule has 1 aromatic heterocycles. The van der Waals surface area contributed by atoms with Gasteiger partial charge in [-0.15, -0.1) is 11.3 Å². The molecule has 80 valence electrons. The van der Waals surface area contributed by atoms with Gasteiger partial charge in [0.2, 0.25) is 0 Å². The first-order valence-electron chi connectivity index (χ1n) is 4.77. The van der Waals surface area contributed by atoms with Crippen LogP contribution in [0.3, 0.4) is 0 Å². The number of rotatable bonds is 4. The SMILES string of the molecule is CC(C)C(C)(CBr)Cc1sccc1Br. The van der Waals surface area contributed by atoms with Crippen molar-refractivity contribution < 1.29 is 0 Å². The lowest BCUT2D eigenvalue weighted by atomic mass is 9.78. The van der Waals surface area contributed by atoms with E-state index in [2.05, 4.69) is 64.1 Å². The van der Waals surface area contributed by atoms with Crippen LogP contribution in [0.1, 0.15) is 25.6 Å². The molecule has 3 heteroatoms. The fourth-order valence-corrected chi connectivity index (χ4v) is 3.76. The zero-order chi connectivity index (χ0) is 10.8. The maximum Gasteiger partial charge on any atom is 0.0314 e. The molecular weight excluding hydrogens is 324 g/mol. The van der Waals surface area contributed by atoms with Crippen molar-refractivity contribution in [2.45, 2.75) is 27.2 Å². The third-order valence-electron chi connectivity index (χ3n) is 2.95. The van der Waals surface area contributed by atoms with Gasteiger partial charge in [-0.3, -0.25) is 0 Å². The molecule has 1 unspecified atom stereocenters. The minimum absolute atomic E-state index is 0.355. The molecule has 1 aromatic rings. The van der Waals surface area contributed by atoms with Crippen molar-refractivity contribution >= 4 is 43.2 Å². The quantitative estimate of drug-likeness (QED) is 0.668. The molecule has 0 aliphatic heterocycles. The van der Waals surface area contributed by atoms with E-state index >= 15 is 0 Å². The van der Waals surface area contributed by atoms with Crippen molar-refractivity contribution in [2.75, 3.05) is 5.33 Å². The molecule has 0 saturated heterocycles. The smallest absolute Gasteiger partial charge is 0.0314 e. The second kappa shape index (κ2) is 5.13. The third-order valence-corrected chi connectivity index (χ3v) is 6.16. The Morgan fingerprint density at radius 1 is 1.50 bits per heavy atom. The monoisotopic (exact) mass is 338 g/mol. The summed E-state index contributed by atoms with van der Waals surface area (Å²) in [5, 5.41) is 3.20. The van der Waals surface area contributed by atoms with E-state index in [0.717, 1.165) is 11.8 Å². The van der Waals surface area contributed by atoms with Crippen LogP contribution in [0.25, 0.3) is 0 Å². The average Bonchev–Trinajstić information content (AvgIpc) is 2.51. The Hall–Kier alpha value is 0.660. The van der Waals surface area contributed by atoms with Gasteiger partial charge in [0.05, 0.1) is 0 Å². The van der Waals surface area contributed by atoms with Gasteiger partial charge in [0.1, 0.15) is 0 Å². The molecule has 0 spiro atoms. The van der Waals surface area contributed by atoms with Gasteiger partial charge in [0, 0.05) is 14.7 Å². The van der Waals surface area contributed by atoms with E-state index in [0.29, 0.717) is 11.3 Å². The molecule has 0 nitrogen and oxygen atoms in total. The van der Waals surface area contributed by atoms with Crippen molar-refractivity contribution in [3.8, 4) is 0 Å². The zero-order valence-corrected chi connectivity index (χ0v) is 12.8. The van der Waals surface area contributed by atoms with Crippen molar-refractivity contribution in [2.24, 2.45) is 11.3 Å². The van der Waals surface area contributed by atoms with Gasteiger partial charge in [-0.05, 0) is 45.1 Å². The molecule has 1 heterocycles. The molecule has 0 aliphatic rings. The summed E-state index contributed by atoms with van der Waals surface area (Å²) in [5.41, 5.74) is 0.355. The van der Waals surface area contributed by atoms with E-state index in [1.807, 2.05) is 11.3 Å². The van der Waals surface area contributed by atoms with Gasteiger partial charge in [0.15, 0.2) is 0 Å². The van der Waals surface area contributed by atoms with Gasteiger partial charge >= 0.3 is 0 Å². The lowest BCUT2D eigenvalue weighted by Gasteiger charge is -2.31. The highest BCUT2D eigenvalue weighted by Gasteiger charge is 2.28. The summed E-state index contributed by atoms with van der Waals surface area (Å²) in [5.74, 6) is 0.691. The van der Waals surface area contributed by atoms with Crippen molar-refractivity contribution in [1.82, 2.24) is 0 Å². The standard InChI is InChI=1S/C11H16Br2S/c1-8(2)11(3,7-12)6-10-9(13)4-5-14-10/h4-5,8H,6-7H2,1-3H3. The van der Waals surface area contributed by atoms with E-state index in [1.165, 1.54) is 9.35 Å². The first-order valence-corrected chi connectivity index (χ1v) is 7.57. The summed E-state index contributed by atoms with van der Waals surface area (Å²) < 4.78 is 1.26.